The summed E-state index contributed by atoms with van der Waals surface area (Å²) >= 11 is 0. The van der Waals surface area contributed by atoms with Gasteiger partial charge in [0, 0.05) is 6.07 Å². The number of ether oxygens (including phenoxy) is 2. The molecule has 3 rings (SSSR count). The van der Waals surface area contributed by atoms with E-state index in [2.05, 4.69) is 6.92 Å². The molecule has 0 aliphatic heterocycles. The Morgan fingerprint density at radius 1 is 1.21 bits per heavy atom. The minimum Gasteiger partial charge on any atom is -0.496 e. The van der Waals surface area contributed by atoms with Crippen LogP contribution in [0.15, 0.2) is 15.3 Å². The van der Waals surface area contributed by atoms with E-state index in [4.69, 9.17) is 13.9 Å². The molecule has 5 nitrogen and oxygen atoms in total. The fourth-order valence-corrected chi connectivity index (χ4v) is 3.64. The average molecular weight is 330 g/mol. The number of carbonyl (C=O) groups excluding carboxylic acids is 1. The standard InChI is InChI=1S/C19H22O5/c1-4-7-12-11-8-5-6-9-13(11)17(22-2)16-14(20)10-15(19(21)23-3)24-18(12)16/h10H,4-9H2,1-3H3. The molecule has 0 radical (unpaired) electrons. The summed E-state index contributed by atoms with van der Waals surface area (Å²) in [6.45, 7) is 2.09. The summed E-state index contributed by atoms with van der Waals surface area (Å²) < 4.78 is 16.1. The van der Waals surface area contributed by atoms with Crippen LogP contribution >= 0.6 is 0 Å². The number of carbonyl (C=O) groups is 1. The Morgan fingerprint density at radius 3 is 2.54 bits per heavy atom. The van der Waals surface area contributed by atoms with E-state index in [1.807, 2.05) is 0 Å². The number of methoxy groups -OCH3 is 2. The zero-order valence-electron chi connectivity index (χ0n) is 14.4. The number of hydrogen-bond donors (Lipinski definition) is 0. The Labute approximate surface area is 140 Å². The molecule has 0 saturated carbocycles. The van der Waals surface area contributed by atoms with E-state index in [0.29, 0.717) is 16.7 Å². The van der Waals surface area contributed by atoms with Crippen LogP contribution in [0.1, 0.15) is 53.4 Å². The lowest BCUT2D eigenvalue weighted by Crippen LogP contribution is -2.15. The smallest absolute Gasteiger partial charge is 0.374 e. The van der Waals surface area contributed by atoms with Gasteiger partial charge in [0.2, 0.25) is 5.76 Å². The second kappa shape index (κ2) is 6.67. The van der Waals surface area contributed by atoms with Crippen LogP contribution < -0.4 is 10.2 Å². The Bertz CT molecular complexity index is 847. The highest BCUT2D eigenvalue weighted by atomic mass is 16.5. The third kappa shape index (κ3) is 2.58. The Balaban J connectivity index is 2.44. The molecule has 1 aliphatic rings. The van der Waals surface area contributed by atoms with Crippen molar-refractivity contribution in [1.29, 1.82) is 0 Å². The number of benzene rings is 1. The van der Waals surface area contributed by atoms with Gasteiger partial charge in [0.05, 0.1) is 14.2 Å². The highest BCUT2D eigenvalue weighted by Gasteiger charge is 2.26. The molecule has 1 aromatic carbocycles. The van der Waals surface area contributed by atoms with Crippen molar-refractivity contribution in [2.75, 3.05) is 14.2 Å². The van der Waals surface area contributed by atoms with Crippen molar-refractivity contribution in [3.05, 3.63) is 38.7 Å². The number of esters is 1. The lowest BCUT2D eigenvalue weighted by Gasteiger charge is -2.23. The quantitative estimate of drug-likeness (QED) is 0.804. The molecule has 0 amide bonds. The van der Waals surface area contributed by atoms with Crippen molar-refractivity contribution in [3.8, 4) is 5.75 Å². The maximum atomic E-state index is 12.7. The lowest BCUT2D eigenvalue weighted by atomic mass is 9.84. The zero-order chi connectivity index (χ0) is 17.3. The van der Waals surface area contributed by atoms with E-state index in [-0.39, 0.29) is 11.2 Å². The molecule has 5 heteroatoms. The predicted octanol–water partition coefficient (Wildman–Crippen LogP) is 3.42. The fraction of sp³-hybridized carbons (Fsp3) is 0.474. The summed E-state index contributed by atoms with van der Waals surface area (Å²) in [6, 6.07) is 1.20. The first-order chi connectivity index (χ1) is 11.6. The van der Waals surface area contributed by atoms with Crippen LogP contribution in [-0.4, -0.2) is 20.2 Å². The molecule has 2 aromatic rings. The van der Waals surface area contributed by atoms with E-state index in [0.717, 1.165) is 49.7 Å². The van der Waals surface area contributed by atoms with Crippen molar-refractivity contribution in [1.82, 2.24) is 0 Å². The molecule has 0 bridgehead atoms. The largest absolute Gasteiger partial charge is 0.496 e. The van der Waals surface area contributed by atoms with Gasteiger partial charge in [-0.25, -0.2) is 4.79 Å². The fourth-order valence-electron chi connectivity index (χ4n) is 3.64. The molecule has 0 saturated heterocycles. The van der Waals surface area contributed by atoms with E-state index >= 15 is 0 Å². The summed E-state index contributed by atoms with van der Waals surface area (Å²) in [4.78, 5) is 24.5. The molecule has 1 aromatic heterocycles. The van der Waals surface area contributed by atoms with E-state index in [1.165, 1.54) is 18.7 Å². The van der Waals surface area contributed by atoms with Gasteiger partial charge < -0.3 is 13.9 Å². The maximum absolute atomic E-state index is 12.7. The summed E-state index contributed by atoms with van der Waals surface area (Å²) in [5, 5.41) is 0.439. The topological polar surface area (TPSA) is 65.7 Å². The van der Waals surface area contributed by atoms with Crippen molar-refractivity contribution in [3.63, 3.8) is 0 Å². The van der Waals surface area contributed by atoms with Gasteiger partial charge in [0.25, 0.3) is 0 Å². The average Bonchev–Trinajstić information content (AvgIpc) is 2.61. The predicted molar refractivity (Wildman–Crippen MR) is 91.0 cm³/mol. The second-order valence-electron chi connectivity index (χ2n) is 6.10. The highest BCUT2D eigenvalue weighted by molar-refractivity contribution is 5.93. The van der Waals surface area contributed by atoms with Crippen LogP contribution in [0, 0.1) is 0 Å². The van der Waals surface area contributed by atoms with Crippen molar-refractivity contribution < 1.29 is 18.7 Å². The first-order valence-electron chi connectivity index (χ1n) is 8.39. The van der Waals surface area contributed by atoms with Crippen LogP contribution in [0.5, 0.6) is 5.75 Å². The van der Waals surface area contributed by atoms with Crippen LogP contribution in [-0.2, 0) is 24.0 Å². The van der Waals surface area contributed by atoms with Crippen LogP contribution in [0.2, 0.25) is 0 Å². The molecular weight excluding hydrogens is 308 g/mol. The van der Waals surface area contributed by atoms with Crippen LogP contribution in [0.4, 0.5) is 0 Å². The molecule has 0 unspecified atom stereocenters. The summed E-state index contributed by atoms with van der Waals surface area (Å²) in [5.74, 6) is -0.108. The van der Waals surface area contributed by atoms with Gasteiger partial charge in [0.1, 0.15) is 16.7 Å². The number of hydrogen-bond acceptors (Lipinski definition) is 5. The van der Waals surface area contributed by atoms with Gasteiger partial charge in [-0.1, -0.05) is 13.3 Å². The van der Waals surface area contributed by atoms with E-state index < -0.39 is 5.97 Å². The molecule has 0 spiro atoms. The minimum absolute atomic E-state index is 0.0647. The van der Waals surface area contributed by atoms with Gasteiger partial charge >= 0.3 is 5.97 Å². The van der Waals surface area contributed by atoms with Gasteiger partial charge in [-0.2, -0.15) is 0 Å². The molecule has 0 atom stereocenters. The molecule has 24 heavy (non-hydrogen) atoms. The monoisotopic (exact) mass is 330 g/mol. The Hall–Kier alpha value is -2.30. The van der Waals surface area contributed by atoms with Crippen LogP contribution in [0.25, 0.3) is 11.0 Å². The lowest BCUT2D eigenvalue weighted by molar-refractivity contribution is 0.0565. The molecule has 1 heterocycles. The third-order valence-corrected chi connectivity index (χ3v) is 4.65. The highest BCUT2D eigenvalue weighted by Crippen LogP contribution is 2.39. The normalized spacial score (nSPS) is 13.6. The molecule has 1 aliphatic carbocycles. The SMILES string of the molecule is CCCc1c2c(c(OC)c3c(=O)cc(C(=O)OC)oc13)CCCC2. The first kappa shape index (κ1) is 16.6. The van der Waals surface area contributed by atoms with E-state index in [9.17, 15) is 9.59 Å². The molecule has 0 fully saturated rings. The van der Waals surface area contributed by atoms with Gasteiger partial charge in [-0.15, -0.1) is 0 Å². The first-order valence-corrected chi connectivity index (χ1v) is 8.39. The number of fused-ring (bicyclic) bond motifs is 2. The van der Waals surface area contributed by atoms with Crippen molar-refractivity contribution in [2.24, 2.45) is 0 Å². The second-order valence-corrected chi connectivity index (χ2v) is 6.10. The summed E-state index contributed by atoms with van der Waals surface area (Å²) in [5.41, 5.74) is 3.59. The number of aryl methyl sites for hydroxylation is 1. The number of rotatable bonds is 4. The molecular formula is C19H22O5. The third-order valence-electron chi connectivity index (χ3n) is 4.65. The van der Waals surface area contributed by atoms with Gasteiger partial charge in [-0.3, -0.25) is 4.79 Å². The summed E-state index contributed by atoms with van der Waals surface area (Å²) in [7, 11) is 2.85. The van der Waals surface area contributed by atoms with Crippen molar-refractivity contribution in [2.45, 2.75) is 45.4 Å². The zero-order valence-corrected chi connectivity index (χ0v) is 14.4. The van der Waals surface area contributed by atoms with Gasteiger partial charge in [0.15, 0.2) is 5.43 Å². The van der Waals surface area contributed by atoms with Crippen LogP contribution in [0.3, 0.4) is 0 Å². The Morgan fingerprint density at radius 2 is 1.92 bits per heavy atom. The van der Waals surface area contributed by atoms with Crippen molar-refractivity contribution >= 4 is 16.9 Å². The molecule has 128 valence electrons. The Kier molecular flexibility index (Phi) is 4.60. The molecule has 0 N–H and O–H groups in total. The van der Waals surface area contributed by atoms with Gasteiger partial charge in [-0.05, 0) is 48.8 Å². The van der Waals surface area contributed by atoms with E-state index in [1.54, 1.807) is 7.11 Å². The maximum Gasteiger partial charge on any atom is 0.374 e. The summed E-state index contributed by atoms with van der Waals surface area (Å²) in [6.07, 6.45) is 5.79. The minimum atomic E-state index is -0.645.